The molecule has 0 fully saturated rings. The van der Waals surface area contributed by atoms with Crippen LogP contribution in [0.15, 0.2) is 108 Å². The number of anilines is 1. The van der Waals surface area contributed by atoms with Crippen molar-refractivity contribution >= 4 is 53.0 Å². The number of esters is 1. The number of nitro groups is 1. The van der Waals surface area contributed by atoms with Crippen molar-refractivity contribution in [1.29, 1.82) is 0 Å². The van der Waals surface area contributed by atoms with Crippen LogP contribution in [0.5, 0.6) is 5.75 Å². The fourth-order valence-electron chi connectivity index (χ4n) is 3.68. The van der Waals surface area contributed by atoms with Crippen molar-refractivity contribution in [3.05, 3.63) is 141 Å². The number of benzene rings is 4. The highest BCUT2D eigenvalue weighted by Gasteiger charge is 2.10. The third-order valence-corrected chi connectivity index (χ3v) is 5.92. The molecule has 0 aliphatic carbocycles. The maximum absolute atomic E-state index is 12.6. The van der Waals surface area contributed by atoms with Gasteiger partial charge in [-0.1, -0.05) is 54.1 Å². The first-order valence-corrected chi connectivity index (χ1v) is 12.9. The van der Waals surface area contributed by atoms with Gasteiger partial charge >= 0.3 is 5.97 Å². The molecule has 0 atom stereocenters. The topological polar surface area (TPSA) is 140 Å². The van der Waals surface area contributed by atoms with Crippen LogP contribution in [0.4, 0.5) is 11.4 Å². The lowest BCUT2D eigenvalue weighted by Crippen LogP contribution is -2.18. The molecule has 4 aromatic rings. The molecule has 4 aromatic carbocycles. The number of halogens is 1. The number of ether oxygens (including phenoxy) is 1. The van der Waals surface area contributed by atoms with E-state index in [1.807, 2.05) is 30.3 Å². The van der Waals surface area contributed by atoms with Crippen molar-refractivity contribution in [3.63, 3.8) is 0 Å². The highest BCUT2D eigenvalue weighted by molar-refractivity contribution is 6.31. The number of nitro benzene ring substituents is 1. The number of hydrogen-bond donors (Lipinski definition) is 2. The molecule has 0 aliphatic rings. The number of hydrazone groups is 1. The summed E-state index contributed by atoms with van der Waals surface area (Å²) in [6, 6.07) is 25.9. The van der Waals surface area contributed by atoms with Gasteiger partial charge < -0.3 is 10.1 Å². The molecular weight excluding hydrogens is 560 g/mol. The van der Waals surface area contributed by atoms with E-state index < -0.39 is 16.8 Å². The lowest BCUT2D eigenvalue weighted by atomic mass is 10.1. The minimum absolute atomic E-state index is 0.106. The van der Waals surface area contributed by atoms with Crippen LogP contribution in [0.1, 0.15) is 27.0 Å². The van der Waals surface area contributed by atoms with Gasteiger partial charge in [0.1, 0.15) is 5.75 Å². The van der Waals surface area contributed by atoms with Gasteiger partial charge in [0.05, 0.1) is 17.6 Å². The lowest BCUT2D eigenvalue weighted by Gasteiger charge is -2.07. The van der Waals surface area contributed by atoms with Crippen molar-refractivity contribution in [1.82, 2.24) is 5.43 Å². The van der Waals surface area contributed by atoms with E-state index in [2.05, 4.69) is 15.8 Å². The molecule has 11 heteroatoms. The lowest BCUT2D eigenvalue weighted by molar-refractivity contribution is -0.384. The van der Waals surface area contributed by atoms with E-state index in [1.54, 1.807) is 30.3 Å². The fourth-order valence-corrected chi connectivity index (χ4v) is 3.86. The standard InChI is InChI=1S/C31H23ClN4O6/c32-25-12-15-28(42-30(38)16-9-22-7-4-8-27(17-22)36(40)41)24(19-25)20-33-35-31(39)23-10-13-26(14-11-23)34-29(37)18-21-5-2-1-3-6-21/h1-17,19-20H,18H2,(H,34,37)(H,35,39)/b16-9+,33-20+. The summed E-state index contributed by atoms with van der Waals surface area (Å²) in [5.74, 6) is -1.30. The average molecular weight is 583 g/mol. The van der Waals surface area contributed by atoms with Crippen LogP contribution in [0.25, 0.3) is 6.08 Å². The summed E-state index contributed by atoms with van der Waals surface area (Å²) in [6.45, 7) is 0. The van der Waals surface area contributed by atoms with Crippen molar-refractivity contribution in [2.75, 3.05) is 5.32 Å². The highest BCUT2D eigenvalue weighted by Crippen LogP contribution is 2.22. The van der Waals surface area contributed by atoms with Crippen LogP contribution in [0.3, 0.4) is 0 Å². The number of nitrogens with one attached hydrogen (secondary N) is 2. The van der Waals surface area contributed by atoms with Gasteiger partial charge in [-0.2, -0.15) is 5.10 Å². The molecule has 2 N–H and O–H groups in total. The minimum Gasteiger partial charge on any atom is -0.423 e. The summed E-state index contributed by atoms with van der Waals surface area (Å²) in [6.07, 6.45) is 4.02. The van der Waals surface area contributed by atoms with Crippen molar-refractivity contribution in [3.8, 4) is 5.75 Å². The van der Waals surface area contributed by atoms with Gasteiger partial charge in [0.15, 0.2) is 0 Å². The van der Waals surface area contributed by atoms with Gasteiger partial charge in [-0.25, -0.2) is 10.2 Å². The van der Waals surface area contributed by atoms with E-state index in [9.17, 15) is 24.5 Å². The van der Waals surface area contributed by atoms with E-state index in [1.165, 1.54) is 48.7 Å². The second-order valence-corrected chi connectivity index (χ2v) is 9.21. The molecule has 42 heavy (non-hydrogen) atoms. The van der Waals surface area contributed by atoms with Crippen LogP contribution >= 0.6 is 11.6 Å². The summed E-state index contributed by atoms with van der Waals surface area (Å²) >= 11 is 6.08. The van der Waals surface area contributed by atoms with E-state index in [0.717, 1.165) is 11.6 Å². The fraction of sp³-hybridized carbons (Fsp3) is 0.0323. The van der Waals surface area contributed by atoms with Crippen molar-refractivity contribution < 1.29 is 24.0 Å². The summed E-state index contributed by atoms with van der Waals surface area (Å²) in [4.78, 5) is 47.6. The molecule has 4 rings (SSSR count). The smallest absolute Gasteiger partial charge is 0.336 e. The van der Waals surface area contributed by atoms with Gasteiger partial charge in [-0.05, 0) is 59.7 Å². The maximum atomic E-state index is 12.6. The van der Waals surface area contributed by atoms with Crippen LogP contribution in [0, 0.1) is 10.1 Å². The zero-order chi connectivity index (χ0) is 29.9. The average Bonchev–Trinajstić information content (AvgIpc) is 2.98. The Morgan fingerprint density at radius 1 is 0.929 bits per heavy atom. The monoisotopic (exact) mass is 582 g/mol. The first-order chi connectivity index (χ1) is 20.3. The molecule has 210 valence electrons. The number of rotatable bonds is 10. The number of carbonyl (C=O) groups excluding carboxylic acids is 3. The number of amides is 2. The van der Waals surface area contributed by atoms with Gasteiger partial charge in [0, 0.05) is 40.0 Å². The van der Waals surface area contributed by atoms with Gasteiger partial charge in [-0.3, -0.25) is 19.7 Å². The predicted molar refractivity (Wildman–Crippen MR) is 159 cm³/mol. The van der Waals surface area contributed by atoms with Gasteiger partial charge in [0.25, 0.3) is 11.6 Å². The normalized spacial score (nSPS) is 10.9. The Morgan fingerprint density at radius 3 is 2.43 bits per heavy atom. The van der Waals surface area contributed by atoms with Crippen LogP contribution < -0.4 is 15.5 Å². The summed E-state index contributed by atoms with van der Waals surface area (Å²) < 4.78 is 5.37. The third kappa shape index (κ3) is 8.70. The largest absolute Gasteiger partial charge is 0.423 e. The van der Waals surface area contributed by atoms with Crippen LogP contribution in [-0.4, -0.2) is 28.9 Å². The number of carbonyl (C=O) groups is 3. The number of hydrogen-bond acceptors (Lipinski definition) is 7. The number of nitrogens with zero attached hydrogens (tertiary/aromatic N) is 2. The minimum atomic E-state index is -0.738. The summed E-state index contributed by atoms with van der Waals surface area (Å²) in [5, 5.41) is 18.0. The van der Waals surface area contributed by atoms with E-state index >= 15 is 0 Å². The third-order valence-electron chi connectivity index (χ3n) is 5.68. The molecule has 0 saturated carbocycles. The predicted octanol–water partition coefficient (Wildman–Crippen LogP) is 5.81. The molecule has 0 unspecified atom stereocenters. The molecule has 0 bridgehead atoms. The Labute approximate surface area is 245 Å². The maximum Gasteiger partial charge on any atom is 0.336 e. The van der Waals surface area contributed by atoms with Gasteiger partial charge in [0.2, 0.25) is 5.91 Å². The number of non-ortho nitro benzene ring substituents is 1. The van der Waals surface area contributed by atoms with Crippen LogP contribution in [-0.2, 0) is 16.0 Å². The summed E-state index contributed by atoms with van der Waals surface area (Å²) in [5.41, 5.74) is 4.78. The molecular formula is C31H23ClN4O6. The van der Waals surface area contributed by atoms with E-state index in [-0.39, 0.29) is 23.8 Å². The van der Waals surface area contributed by atoms with Crippen molar-refractivity contribution in [2.24, 2.45) is 5.10 Å². The van der Waals surface area contributed by atoms with Crippen molar-refractivity contribution in [2.45, 2.75) is 6.42 Å². The molecule has 0 heterocycles. The van der Waals surface area contributed by atoms with Crippen LogP contribution in [0.2, 0.25) is 5.02 Å². The first kappa shape index (κ1) is 29.4. The second-order valence-electron chi connectivity index (χ2n) is 8.78. The molecule has 0 saturated heterocycles. The van der Waals surface area contributed by atoms with E-state index in [0.29, 0.717) is 27.4 Å². The highest BCUT2D eigenvalue weighted by atomic mass is 35.5. The zero-order valence-corrected chi connectivity index (χ0v) is 22.7. The Hall–Kier alpha value is -5.61. The molecule has 0 aliphatic heterocycles. The Morgan fingerprint density at radius 2 is 1.69 bits per heavy atom. The summed E-state index contributed by atoms with van der Waals surface area (Å²) in [7, 11) is 0. The van der Waals surface area contributed by atoms with Gasteiger partial charge in [-0.15, -0.1) is 0 Å². The van der Waals surface area contributed by atoms with E-state index in [4.69, 9.17) is 16.3 Å². The Bertz CT molecular complexity index is 1670. The first-order valence-electron chi connectivity index (χ1n) is 12.5. The Kier molecular flexibility index (Phi) is 9.90. The molecule has 2 amide bonds. The molecule has 10 nitrogen and oxygen atoms in total. The molecule has 0 spiro atoms. The second kappa shape index (κ2) is 14.1. The zero-order valence-electron chi connectivity index (χ0n) is 21.9. The quantitative estimate of drug-likeness (QED) is 0.0603. The molecule has 0 aromatic heterocycles. The molecule has 0 radical (unpaired) electrons. The Balaban J connectivity index is 1.34. The SMILES string of the molecule is O=C(Cc1ccccc1)Nc1ccc(C(=O)N/N=C/c2cc(Cl)ccc2OC(=O)/C=C/c2cccc([N+](=O)[O-])c2)cc1.